The van der Waals surface area contributed by atoms with Gasteiger partial charge in [0.05, 0.1) is 26.4 Å². The predicted molar refractivity (Wildman–Crippen MR) is 386 cm³/mol. The van der Waals surface area contributed by atoms with Crippen molar-refractivity contribution >= 4 is 39.5 Å². The van der Waals surface area contributed by atoms with Crippen molar-refractivity contribution in [3.63, 3.8) is 0 Å². The number of carbonyl (C=O) groups is 4. The van der Waals surface area contributed by atoms with E-state index < -0.39 is 97.5 Å². The molecule has 0 rings (SSSR count). The molecule has 0 radical (unpaired) electrons. The summed E-state index contributed by atoms with van der Waals surface area (Å²) in [7, 11) is -9.91. The Morgan fingerprint density at radius 3 is 0.800 bits per heavy atom. The van der Waals surface area contributed by atoms with Crippen molar-refractivity contribution in [3.05, 3.63) is 0 Å². The van der Waals surface area contributed by atoms with Gasteiger partial charge in [0.2, 0.25) is 0 Å². The van der Waals surface area contributed by atoms with E-state index in [2.05, 4.69) is 41.5 Å². The molecule has 0 amide bonds. The third-order valence-corrected chi connectivity index (χ3v) is 20.0. The molecule has 0 aliphatic heterocycles. The molecule has 6 atom stereocenters. The molecule has 0 fully saturated rings. The molecule has 0 aliphatic carbocycles. The highest BCUT2D eigenvalue weighted by atomic mass is 31.2. The van der Waals surface area contributed by atoms with Crippen molar-refractivity contribution in [2.24, 2.45) is 11.8 Å². The van der Waals surface area contributed by atoms with E-state index in [4.69, 9.17) is 37.0 Å². The minimum atomic E-state index is -4.96. The summed E-state index contributed by atoms with van der Waals surface area (Å²) in [5.74, 6) is -0.581. The highest BCUT2D eigenvalue weighted by Gasteiger charge is 2.30. The van der Waals surface area contributed by atoms with Crippen molar-refractivity contribution in [2.75, 3.05) is 39.6 Å². The van der Waals surface area contributed by atoms with Crippen LogP contribution in [0, 0.1) is 11.8 Å². The second-order valence-electron chi connectivity index (χ2n) is 28.1. The van der Waals surface area contributed by atoms with E-state index in [1.807, 2.05) is 0 Å². The van der Waals surface area contributed by atoms with Crippen LogP contribution in [-0.2, 0) is 65.4 Å². The van der Waals surface area contributed by atoms with E-state index in [0.717, 1.165) is 108 Å². The van der Waals surface area contributed by atoms with Gasteiger partial charge >= 0.3 is 39.5 Å². The molecule has 0 spiro atoms. The van der Waals surface area contributed by atoms with Gasteiger partial charge in [-0.15, -0.1) is 0 Å². The lowest BCUT2D eigenvalue weighted by atomic mass is 10.00. The van der Waals surface area contributed by atoms with Crippen LogP contribution in [0.2, 0.25) is 0 Å². The predicted octanol–water partition coefficient (Wildman–Crippen LogP) is 22.3. The standard InChI is InChI=1S/C76H148O17P2/c1-7-10-12-14-16-18-20-21-22-25-28-32-35-39-46-52-58-73(78)86-64-71(92-76(81)61-55-49-41-37-33-29-26-23-24-27-31-34-38-44-50-56-68(4)5)66-90-94(82,83)88-62-70(77)63-89-95(84,85)91-67-72(65-87-74(79)59-53-47-43-42-45-51-57-69(6)9-3)93-75(80)60-54-48-40-36-30-19-17-15-13-11-8-2/h68-72,77H,7-67H2,1-6H3,(H,82,83)(H,84,85)/t69?,70-,71-,72-/m1/s1. The fraction of sp³-hybridized carbons (Fsp3) is 0.947. The second kappa shape index (κ2) is 67.9. The molecule has 95 heavy (non-hydrogen) atoms. The molecule has 3 N–H and O–H groups in total. The molecule has 0 aliphatic rings. The van der Waals surface area contributed by atoms with Gasteiger partial charge in [-0.3, -0.25) is 37.3 Å². The van der Waals surface area contributed by atoms with Crippen LogP contribution in [0.3, 0.4) is 0 Å². The molecule has 0 aromatic heterocycles. The van der Waals surface area contributed by atoms with Gasteiger partial charge in [-0.2, -0.15) is 0 Å². The number of carbonyl (C=O) groups excluding carboxylic acids is 4. The van der Waals surface area contributed by atoms with Crippen LogP contribution in [0.15, 0.2) is 0 Å². The quantitative estimate of drug-likeness (QED) is 0.0222. The van der Waals surface area contributed by atoms with Crippen LogP contribution in [0.25, 0.3) is 0 Å². The SMILES string of the molecule is CCCCCCCCCCCCCCCCCCC(=O)OC[C@H](COP(=O)(O)OC[C@@H](O)COP(=O)(O)OC[C@@H](COC(=O)CCCCCCCCC(C)CC)OC(=O)CCCCCCCCCCCCC)OC(=O)CCCCCCCCCCCCCCCCCC(C)C. The van der Waals surface area contributed by atoms with E-state index in [1.54, 1.807) is 0 Å². The number of phosphoric ester groups is 2. The van der Waals surface area contributed by atoms with Crippen molar-refractivity contribution < 1.29 is 80.2 Å². The molecule has 0 saturated carbocycles. The summed E-state index contributed by atoms with van der Waals surface area (Å²) in [6.07, 6.45) is 55.5. The zero-order valence-corrected chi connectivity index (χ0v) is 63.8. The van der Waals surface area contributed by atoms with Crippen LogP contribution < -0.4 is 0 Å². The molecular weight excluding hydrogens is 1250 g/mol. The summed E-state index contributed by atoms with van der Waals surface area (Å²) in [5.41, 5.74) is 0. The van der Waals surface area contributed by atoms with E-state index in [-0.39, 0.29) is 25.7 Å². The Labute approximate surface area is 581 Å². The number of esters is 4. The molecule has 0 heterocycles. The Hall–Kier alpha value is -1.94. The highest BCUT2D eigenvalue weighted by molar-refractivity contribution is 7.47. The topological polar surface area (TPSA) is 237 Å². The smallest absolute Gasteiger partial charge is 0.462 e. The minimum Gasteiger partial charge on any atom is -0.462 e. The number of hydrogen-bond acceptors (Lipinski definition) is 15. The molecule has 0 aromatic rings. The molecule has 0 aromatic carbocycles. The highest BCUT2D eigenvalue weighted by Crippen LogP contribution is 2.45. The Kier molecular flexibility index (Phi) is 66.5. The minimum absolute atomic E-state index is 0.106. The van der Waals surface area contributed by atoms with Crippen molar-refractivity contribution in [3.8, 4) is 0 Å². The van der Waals surface area contributed by atoms with Crippen LogP contribution in [0.5, 0.6) is 0 Å². The maximum absolute atomic E-state index is 13.1. The number of rotatable bonds is 75. The first-order chi connectivity index (χ1) is 45.9. The maximum Gasteiger partial charge on any atom is 0.472 e. The number of phosphoric acid groups is 2. The zero-order valence-electron chi connectivity index (χ0n) is 62.0. The average molecular weight is 1400 g/mol. The van der Waals surface area contributed by atoms with E-state index in [9.17, 15) is 43.2 Å². The number of ether oxygens (including phenoxy) is 4. The molecule has 3 unspecified atom stereocenters. The Morgan fingerprint density at radius 2 is 0.537 bits per heavy atom. The number of aliphatic hydroxyl groups excluding tert-OH is 1. The van der Waals surface area contributed by atoms with E-state index in [1.165, 1.54) is 205 Å². The fourth-order valence-electron chi connectivity index (χ4n) is 11.6. The molecule has 564 valence electrons. The molecule has 0 saturated heterocycles. The Morgan fingerprint density at radius 1 is 0.305 bits per heavy atom. The second-order valence-corrected chi connectivity index (χ2v) is 31.0. The van der Waals surface area contributed by atoms with Gasteiger partial charge < -0.3 is 33.8 Å². The molecule has 17 nitrogen and oxygen atoms in total. The lowest BCUT2D eigenvalue weighted by Gasteiger charge is -2.21. The summed E-state index contributed by atoms with van der Waals surface area (Å²) >= 11 is 0. The van der Waals surface area contributed by atoms with Gasteiger partial charge in [-0.05, 0) is 37.5 Å². The van der Waals surface area contributed by atoms with Crippen LogP contribution >= 0.6 is 15.6 Å². The number of hydrogen-bond donors (Lipinski definition) is 3. The molecule has 19 heteroatoms. The zero-order chi connectivity index (χ0) is 70.0. The summed E-state index contributed by atoms with van der Waals surface area (Å²) in [5, 5.41) is 10.6. The van der Waals surface area contributed by atoms with Crippen molar-refractivity contribution in [2.45, 2.75) is 413 Å². The first-order valence-corrected chi connectivity index (χ1v) is 42.5. The van der Waals surface area contributed by atoms with Crippen molar-refractivity contribution in [1.82, 2.24) is 0 Å². The lowest BCUT2D eigenvalue weighted by molar-refractivity contribution is -0.161. The number of unbranched alkanes of at least 4 members (excludes halogenated alkanes) is 44. The third-order valence-electron chi connectivity index (χ3n) is 18.1. The first-order valence-electron chi connectivity index (χ1n) is 39.5. The van der Waals surface area contributed by atoms with E-state index >= 15 is 0 Å². The van der Waals surface area contributed by atoms with E-state index in [0.29, 0.717) is 25.7 Å². The Bertz CT molecular complexity index is 1840. The Balaban J connectivity index is 5.23. The normalized spacial score (nSPS) is 14.3. The molecular formula is C76H148O17P2. The average Bonchev–Trinajstić information content (AvgIpc) is 3.39. The van der Waals surface area contributed by atoms with Crippen LogP contribution in [0.4, 0.5) is 0 Å². The third kappa shape index (κ3) is 69.0. The monoisotopic (exact) mass is 1400 g/mol. The van der Waals surface area contributed by atoms with Gasteiger partial charge in [0.25, 0.3) is 0 Å². The largest absolute Gasteiger partial charge is 0.472 e. The summed E-state index contributed by atoms with van der Waals surface area (Å²) < 4.78 is 68.5. The van der Waals surface area contributed by atoms with Gasteiger partial charge in [0.1, 0.15) is 19.3 Å². The van der Waals surface area contributed by atoms with Gasteiger partial charge in [0.15, 0.2) is 12.2 Å². The van der Waals surface area contributed by atoms with Crippen LogP contribution in [0.1, 0.15) is 395 Å². The maximum atomic E-state index is 13.1. The van der Waals surface area contributed by atoms with Gasteiger partial charge in [0, 0.05) is 25.7 Å². The van der Waals surface area contributed by atoms with Gasteiger partial charge in [-0.25, -0.2) is 9.13 Å². The summed E-state index contributed by atoms with van der Waals surface area (Å²) in [6, 6.07) is 0. The van der Waals surface area contributed by atoms with Crippen LogP contribution in [-0.4, -0.2) is 96.7 Å². The van der Waals surface area contributed by atoms with Gasteiger partial charge in [-0.1, -0.05) is 343 Å². The lowest BCUT2D eigenvalue weighted by Crippen LogP contribution is -2.30. The fourth-order valence-corrected chi connectivity index (χ4v) is 13.2. The first kappa shape index (κ1) is 93.1. The summed E-state index contributed by atoms with van der Waals surface area (Å²) in [6.45, 7) is 9.58. The van der Waals surface area contributed by atoms with Crippen molar-refractivity contribution in [1.29, 1.82) is 0 Å². The molecule has 0 bridgehead atoms. The summed E-state index contributed by atoms with van der Waals surface area (Å²) in [4.78, 5) is 72.8. The number of aliphatic hydroxyl groups is 1.